The van der Waals surface area contributed by atoms with Crippen LogP contribution in [0.3, 0.4) is 0 Å². The molecule has 8 nitrogen and oxygen atoms in total. The molecule has 1 aliphatic rings. The number of amides is 1. The number of aromatic nitrogens is 6. The number of anilines is 1. The Bertz CT molecular complexity index is 1430. The van der Waals surface area contributed by atoms with Crippen molar-refractivity contribution in [1.82, 2.24) is 29.5 Å². The third kappa shape index (κ3) is 3.83. The van der Waals surface area contributed by atoms with E-state index in [4.69, 9.17) is 12.2 Å². The van der Waals surface area contributed by atoms with E-state index in [0.717, 1.165) is 46.8 Å². The molecule has 11 heteroatoms. The average molecular weight is 482 g/mol. The van der Waals surface area contributed by atoms with E-state index in [1.807, 2.05) is 11.5 Å². The number of nitrogens with one attached hydrogen (secondary N) is 2. The lowest BCUT2D eigenvalue weighted by molar-refractivity contribution is 0.102. The van der Waals surface area contributed by atoms with Gasteiger partial charge in [0.25, 0.3) is 5.91 Å². The highest BCUT2D eigenvalue weighted by Gasteiger charge is 2.28. The first-order valence-electron chi connectivity index (χ1n) is 10.4. The number of benzene rings is 1. The van der Waals surface area contributed by atoms with Gasteiger partial charge in [0.15, 0.2) is 21.4 Å². The summed E-state index contributed by atoms with van der Waals surface area (Å²) in [4.78, 5) is 18.5. The lowest BCUT2D eigenvalue weighted by Gasteiger charge is -2.05. The third-order valence-corrected chi connectivity index (χ3v) is 6.89. The summed E-state index contributed by atoms with van der Waals surface area (Å²) in [5, 5.41) is 15.0. The first-order chi connectivity index (χ1) is 16.0. The molecule has 0 bridgehead atoms. The Kier molecular flexibility index (Phi) is 5.51. The summed E-state index contributed by atoms with van der Waals surface area (Å²) in [6, 6.07) is 6.10. The Morgan fingerprint density at radius 1 is 1.36 bits per heavy atom. The Labute approximate surface area is 197 Å². The molecule has 4 aromatic rings. The smallest absolute Gasteiger partial charge is 0.278 e. The normalized spacial score (nSPS) is 12.7. The molecule has 33 heavy (non-hydrogen) atoms. The Balaban J connectivity index is 1.45. The van der Waals surface area contributed by atoms with E-state index >= 15 is 0 Å². The number of thiazole rings is 1. The molecule has 0 saturated carbocycles. The maximum absolute atomic E-state index is 13.4. The quantitative estimate of drug-likeness (QED) is 0.310. The highest BCUT2D eigenvalue weighted by molar-refractivity contribution is 7.71. The highest BCUT2D eigenvalue weighted by Crippen LogP contribution is 2.33. The van der Waals surface area contributed by atoms with Crippen LogP contribution in [0.25, 0.3) is 16.4 Å². The van der Waals surface area contributed by atoms with Crippen molar-refractivity contribution in [2.75, 3.05) is 5.32 Å². The van der Waals surface area contributed by atoms with Gasteiger partial charge in [0.1, 0.15) is 5.82 Å². The van der Waals surface area contributed by atoms with E-state index in [1.54, 1.807) is 22.9 Å². The van der Waals surface area contributed by atoms with Crippen molar-refractivity contribution in [1.29, 1.82) is 0 Å². The fourth-order valence-corrected chi connectivity index (χ4v) is 5.19. The number of rotatable bonds is 6. The molecule has 5 rings (SSSR count). The van der Waals surface area contributed by atoms with Crippen molar-refractivity contribution in [2.24, 2.45) is 0 Å². The summed E-state index contributed by atoms with van der Waals surface area (Å²) in [6.45, 7) is 6.13. The van der Waals surface area contributed by atoms with Gasteiger partial charge in [-0.2, -0.15) is 10.2 Å². The van der Waals surface area contributed by atoms with Crippen molar-refractivity contribution < 1.29 is 9.18 Å². The van der Waals surface area contributed by atoms with Crippen molar-refractivity contribution in [3.8, 4) is 16.4 Å². The highest BCUT2D eigenvalue weighted by atomic mass is 32.1. The second-order valence-corrected chi connectivity index (χ2v) is 9.04. The van der Waals surface area contributed by atoms with E-state index in [0.29, 0.717) is 28.0 Å². The summed E-state index contributed by atoms with van der Waals surface area (Å²) >= 11 is 6.62. The molecule has 1 aromatic carbocycles. The minimum absolute atomic E-state index is 0.315. The third-order valence-electron chi connectivity index (χ3n) is 5.51. The largest absolute Gasteiger partial charge is 0.296 e. The van der Waals surface area contributed by atoms with Crippen LogP contribution >= 0.6 is 23.6 Å². The van der Waals surface area contributed by atoms with Crippen molar-refractivity contribution in [2.45, 2.75) is 32.7 Å². The molecule has 168 valence electrons. The number of hydrogen-bond acceptors (Lipinski definition) is 6. The molecule has 0 saturated heterocycles. The second kappa shape index (κ2) is 8.49. The van der Waals surface area contributed by atoms with Gasteiger partial charge in [-0.15, -0.1) is 6.58 Å². The first kappa shape index (κ1) is 21.4. The summed E-state index contributed by atoms with van der Waals surface area (Å²) in [6.07, 6.45) is 4.28. The monoisotopic (exact) mass is 481 g/mol. The zero-order valence-corrected chi connectivity index (χ0v) is 19.4. The minimum atomic E-state index is -0.320. The number of nitrogens with zero attached hydrogens (tertiary/aromatic N) is 5. The van der Waals surface area contributed by atoms with Gasteiger partial charge in [0.2, 0.25) is 0 Å². The fraction of sp³-hybridized carbons (Fsp3) is 0.227. The zero-order valence-electron chi connectivity index (χ0n) is 17.8. The maximum atomic E-state index is 13.4. The second-order valence-electron chi connectivity index (χ2n) is 7.65. The molecule has 2 N–H and O–H groups in total. The van der Waals surface area contributed by atoms with Crippen LogP contribution in [0.15, 0.2) is 36.9 Å². The van der Waals surface area contributed by atoms with Crippen molar-refractivity contribution in [3.63, 3.8) is 0 Å². The van der Waals surface area contributed by atoms with E-state index in [2.05, 4.69) is 32.2 Å². The predicted molar refractivity (Wildman–Crippen MR) is 127 cm³/mol. The number of halogens is 1. The van der Waals surface area contributed by atoms with Crippen LogP contribution < -0.4 is 5.32 Å². The zero-order chi connectivity index (χ0) is 23.1. The summed E-state index contributed by atoms with van der Waals surface area (Å²) in [5.74, 6) is 0.0149. The molecule has 1 amide bonds. The molecule has 1 aliphatic carbocycles. The number of hydrogen-bond donors (Lipinski definition) is 2. The average Bonchev–Trinajstić information content (AvgIpc) is 3.55. The van der Waals surface area contributed by atoms with E-state index in [9.17, 15) is 9.18 Å². The van der Waals surface area contributed by atoms with E-state index in [1.165, 1.54) is 23.5 Å². The summed E-state index contributed by atoms with van der Waals surface area (Å²) in [7, 11) is 0. The lowest BCUT2D eigenvalue weighted by Crippen LogP contribution is -2.14. The van der Waals surface area contributed by atoms with E-state index in [-0.39, 0.29) is 11.7 Å². The van der Waals surface area contributed by atoms with Crippen LogP contribution in [0.2, 0.25) is 0 Å². The molecule has 0 radical (unpaired) electrons. The summed E-state index contributed by atoms with van der Waals surface area (Å²) in [5.41, 5.74) is 3.75. The van der Waals surface area contributed by atoms with Crippen LogP contribution in [0, 0.1) is 17.5 Å². The van der Waals surface area contributed by atoms with Gasteiger partial charge in [-0.25, -0.2) is 14.1 Å². The molecular formula is C22H20FN7OS2. The van der Waals surface area contributed by atoms with Crippen LogP contribution in [-0.2, 0) is 19.4 Å². The Morgan fingerprint density at radius 3 is 2.91 bits per heavy atom. The number of allylic oxidation sites excluding steroid dienone is 1. The molecule has 0 atom stereocenters. The molecule has 0 aliphatic heterocycles. The molecule has 3 heterocycles. The van der Waals surface area contributed by atoms with Crippen LogP contribution in [0.1, 0.15) is 33.9 Å². The number of H-pyrrole nitrogens is 1. The van der Waals surface area contributed by atoms with Gasteiger partial charge >= 0.3 is 0 Å². The topological polar surface area (TPSA) is 93.4 Å². The number of carbonyl (C=O) groups is 1. The molecule has 0 fully saturated rings. The van der Waals surface area contributed by atoms with Gasteiger partial charge in [0.05, 0.1) is 16.3 Å². The summed E-state index contributed by atoms with van der Waals surface area (Å²) < 4.78 is 17.4. The van der Waals surface area contributed by atoms with Crippen LogP contribution in [0.4, 0.5) is 9.52 Å². The van der Waals surface area contributed by atoms with Gasteiger partial charge in [-0.3, -0.25) is 19.8 Å². The maximum Gasteiger partial charge on any atom is 0.278 e. The number of carbonyl (C=O) groups excluding carboxylic acids is 1. The SMILES string of the molecule is C=CCn1c(-c2sc(NC(=O)c3nn(-c4ccc(F)cc4)c4c3CCC4)nc2C)n[nH]c1=S. The van der Waals surface area contributed by atoms with Gasteiger partial charge in [0, 0.05) is 17.8 Å². The number of aryl methyl sites for hydroxylation is 1. The minimum Gasteiger partial charge on any atom is -0.296 e. The van der Waals surface area contributed by atoms with Crippen molar-refractivity contribution in [3.05, 3.63) is 70.2 Å². The first-order valence-corrected chi connectivity index (χ1v) is 11.6. The predicted octanol–water partition coefficient (Wildman–Crippen LogP) is 4.62. The fourth-order valence-electron chi connectivity index (χ4n) is 4.02. The molecular weight excluding hydrogens is 461 g/mol. The van der Waals surface area contributed by atoms with Crippen molar-refractivity contribution >= 4 is 34.6 Å². The van der Waals surface area contributed by atoms with Crippen LogP contribution in [0.5, 0.6) is 0 Å². The van der Waals surface area contributed by atoms with Gasteiger partial charge in [-0.1, -0.05) is 17.4 Å². The molecule has 0 spiro atoms. The number of aromatic amines is 1. The van der Waals surface area contributed by atoms with Gasteiger partial charge < -0.3 is 0 Å². The molecule has 0 unspecified atom stereocenters. The van der Waals surface area contributed by atoms with Gasteiger partial charge in [-0.05, 0) is 62.7 Å². The standard InChI is InChI=1S/C22H20FN7OS2/c1-3-11-29-19(26-27-22(29)32)18-12(2)24-21(33-18)25-20(31)17-15-5-4-6-16(15)30(28-17)14-9-7-13(23)8-10-14/h3,7-10H,1,4-6,11H2,2H3,(H,27,32)(H,24,25,31). The molecule has 3 aromatic heterocycles. The van der Waals surface area contributed by atoms with Crippen LogP contribution in [-0.4, -0.2) is 35.4 Å². The Hall–Kier alpha value is -3.44. The van der Waals surface area contributed by atoms with E-state index < -0.39 is 0 Å². The lowest BCUT2D eigenvalue weighted by atomic mass is 10.2. The Morgan fingerprint density at radius 2 is 2.15 bits per heavy atom. The number of fused-ring (bicyclic) bond motifs is 1.